The van der Waals surface area contributed by atoms with Crippen molar-refractivity contribution in [2.75, 3.05) is 6.61 Å². The highest BCUT2D eigenvalue weighted by atomic mass is 79.9. The molecule has 0 radical (unpaired) electrons. The Labute approximate surface area is 67.0 Å². The topological polar surface area (TPSA) is 9.23 Å². The highest BCUT2D eigenvalue weighted by molar-refractivity contribution is 9.48. The Morgan fingerprint density at radius 2 is 2.25 bits per heavy atom. The van der Waals surface area contributed by atoms with Crippen LogP contribution in [0.2, 0.25) is 0 Å². The molecular weight excluding hydrogens is 252 g/mol. The summed E-state index contributed by atoms with van der Waals surface area (Å²) in [6, 6.07) is 0. The van der Waals surface area contributed by atoms with Crippen LogP contribution in [0.15, 0.2) is 12.7 Å². The lowest BCUT2D eigenvalue weighted by Gasteiger charge is -1.98. The van der Waals surface area contributed by atoms with Crippen molar-refractivity contribution < 1.29 is 4.43 Å². The van der Waals surface area contributed by atoms with E-state index in [0.29, 0.717) is 0 Å². The molecule has 0 rings (SSSR count). The molecule has 0 bridgehead atoms. The molecule has 0 N–H and O–H groups in total. The third kappa shape index (κ3) is 6.88. The molecule has 0 saturated carbocycles. The van der Waals surface area contributed by atoms with Crippen molar-refractivity contribution in [2.24, 2.45) is 0 Å². The predicted molar refractivity (Wildman–Crippen MR) is 45.8 cm³/mol. The molecule has 0 aromatic rings. The summed E-state index contributed by atoms with van der Waals surface area (Å²) in [5.41, 5.74) is 0. The maximum absolute atomic E-state index is 5.18. The molecule has 0 heterocycles. The summed E-state index contributed by atoms with van der Waals surface area (Å²) in [6.45, 7) is 4.34. The average molecular weight is 260 g/mol. The molecule has 0 aromatic heterocycles. The van der Waals surface area contributed by atoms with Crippen LogP contribution >= 0.6 is 30.6 Å². The Morgan fingerprint density at radius 3 is 2.62 bits per heavy atom. The summed E-state index contributed by atoms with van der Waals surface area (Å²) in [5, 5.41) is 0. The highest BCUT2D eigenvalue weighted by Crippen LogP contribution is 2.03. The average Bonchev–Trinajstić information content (AvgIpc) is 1.66. The quantitative estimate of drug-likeness (QED) is 0.325. The van der Waals surface area contributed by atoms with Crippen molar-refractivity contribution in [3.05, 3.63) is 12.7 Å². The molecule has 0 amide bonds. The van der Waals surface area contributed by atoms with Gasteiger partial charge in [-0.25, -0.2) is 0 Å². The van der Waals surface area contributed by atoms with Gasteiger partial charge in [0, 0.05) is 6.61 Å². The van der Waals surface area contributed by atoms with E-state index in [0.717, 1.165) is 13.0 Å². The molecule has 0 fully saturated rings. The van der Waals surface area contributed by atoms with Gasteiger partial charge in [0.05, 0.1) is 0 Å². The minimum atomic E-state index is -1.12. The molecule has 0 saturated heterocycles. The Hall–Kier alpha value is 0.877. The summed E-state index contributed by atoms with van der Waals surface area (Å²) in [7, 11) is 0. The van der Waals surface area contributed by atoms with Crippen molar-refractivity contribution in [3.63, 3.8) is 0 Å². The van der Waals surface area contributed by atoms with Gasteiger partial charge in [-0.2, -0.15) is 0 Å². The molecule has 0 aliphatic heterocycles. The summed E-state index contributed by atoms with van der Waals surface area (Å²) in [4.78, 5) is 0. The van der Waals surface area contributed by atoms with Crippen molar-refractivity contribution in [1.29, 1.82) is 0 Å². The summed E-state index contributed by atoms with van der Waals surface area (Å²) < 4.78 is 5.18. The fourth-order valence-electron chi connectivity index (χ4n) is 0.240. The SMILES string of the molecule is C=CCCO[SiH](Br)Br. The Balaban J connectivity index is 2.81. The third-order valence-electron chi connectivity index (χ3n) is 0.566. The van der Waals surface area contributed by atoms with Gasteiger partial charge in [-0.15, -0.1) is 6.58 Å². The van der Waals surface area contributed by atoms with Crippen LogP contribution in [0.25, 0.3) is 0 Å². The molecule has 0 unspecified atom stereocenters. The monoisotopic (exact) mass is 258 g/mol. The zero-order valence-corrected chi connectivity index (χ0v) is 8.77. The fourth-order valence-corrected chi connectivity index (χ4v) is 1.68. The molecular formula is C4H8Br2OSi. The normalized spacial score (nSPS) is 9.88. The lowest BCUT2D eigenvalue weighted by Crippen LogP contribution is -2.00. The molecule has 0 atom stereocenters. The summed E-state index contributed by atoms with van der Waals surface area (Å²) in [6.07, 6.45) is 1.65. The maximum atomic E-state index is 5.18. The van der Waals surface area contributed by atoms with Gasteiger partial charge in [0.1, 0.15) is 0 Å². The number of hydrogen-bond acceptors (Lipinski definition) is 1. The maximum Gasteiger partial charge on any atom is 0.320 e. The molecule has 48 valence electrons. The van der Waals surface area contributed by atoms with E-state index in [9.17, 15) is 0 Å². The second-order valence-corrected chi connectivity index (χ2v) is 10.7. The second-order valence-electron chi connectivity index (χ2n) is 1.21. The molecule has 0 aliphatic rings. The standard InChI is InChI=1S/C4H8Br2OSi/c1-2-3-4-7-8(5)6/h2,8H,1,3-4H2. The van der Waals surface area contributed by atoms with Crippen LogP contribution < -0.4 is 0 Å². The minimum Gasteiger partial charge on any atom is -0.400 e. The first-order chi connectivity index (χ1) is 3.77. The van der Waals surface area contributed by atoms with E-state index in [2.05, 4.69) is 37.2 Å². The fraction of sp³-hybridized carbons (Fsp3) is 0.500. The molecule has 8 heavy (non-hydrogen) atoms. The zero-order valence-electron chi connectivity index (χ0n) is 4.44. The van der Waals surface area contributed by atoms with E-state index in [1.165, 1.54) is 0 Å². The van der Waals surface area contributed by atoms with Crippen LogP contribution in [0.5, 0.6) is 0 Å². The van der Waals surface area contributed by atoms with Gasteiger partial charge in [-0.3, -0.25) is 0 Å². The largest absolute Gasteiger partial charge is 0.400 e. The smallest absolute Gasteiger partial charge is 0.320 e. The van der Waals surface area contributed by atoms with Gasteiger partial charge in [-0.1, -0.05) is 36.7 Å². The second kappa shape index (κ2) is 6.00. The van der Waals surface area contributed by atoms with E-state index in [1.54, 1.807) is 0 Å². The summed E-state index contributed by atoms with van der Waals surface area (Å²) >= 11 is 6.61. The minimum absolute atomic E-state index is 0.775. The number of hydrogen-bond donors (Lipinski definition) is 0. The van der Waals surface area contributed by atoms with Crippen molar-refractivity contribution in [2.45, 2.75) is 6.42 Å². The van der Waals surface area contributed by atoms with Crippen molar-refractivity contribution in [3.8, 4) is 0 Å². The van der Waals surface area contributed by atoms with Crippen molar-refractivity contribution in [1.82, 2.24) is 0 Å². The van der Waals surface area contributed by atoms with Crippen LogP contribution in [0.3, 0.4) is 0 Å². The van der Waals surface area contributed by atoms with Gasteiger partial charge >= 0.3 is 6.28 Å². The Morgan fingerprint density at radius 1 is 1.62 bits per heavy atom. The predicted octanol–water partition coefficient (Wildman–Crippen LogP) is 2.09. The van der Waals surface area contributed by atoms with E-state index in [-0.39, 0.29) is 0 Å². The first-order valence-electron chi connectivity index (χ1n) is 2.28. The Bertz CT molecular complexity index is 67.1. The molecule has 1 nitrogen and oxygen atoms in total. The van der Waals surface area contributed by atoms with E-state index in [4.69, 9.17) is 4.43 Å². The lowest BCUT2D eigenvalue weighted by atomic mass is 10.5. The van der Waals surface area contributed by atoms with Gasteiger partial charge in [-0.05, 0) is 6.42 Å². The molecule has 0 aliphatic carbocycles. The van der Waals surface area contributed by atoms with Crippen LogP contribution in [0.1, 0.15) is 6.42 Å². The number of rotatable bonds is 4. The first-order valence-corrected chi connectivity index (χ1v) is 9.12. The van der Waals surface area contributed by atoms with Crippen LogP contribution in [0, 0.1) is 0 Å². The zero-order chi connectivity index (χ0) is 6.41. The van der Waals surface area contributed by atoms with E-state index >= 15 is 0 Å². The molecule has 4 heteroatoms. The van der Waals surface area contributed by atoms with Crippen LogP contribution in [0.4, 0.5) is 0 Å². The Kier molecular flexibility index (Phi) is 6.66. The van der Waals surface area contributed by atoms with Crippen molar-refractivity contribution >= 4 is 36.9 Å². The van der Waals surface area contributed by atoms with Gasteiger partial charge in [0.25, 0.3) is 0 Å². The van der Waals surface area contributed by atoms with Gasteiger partial charge in [0.2, 0.25) is 0 Å². The molecule has 0 spiro atoms. The van der Waals surface area contributed by atoms with Crippen LogP contribution in [-0.2, 0) is 4.43 Å². The summed E-state index contributed by atoms with van der Waals surface area (Å²) in [5.74, 6) is 0. The molecule has 0 aromatic carbocycles. The van der Waals surface area contributed by atoms with Gasteiger partial charge < -0.3 is 4.43 Å². The van der Waals surface area contributed by atoms with E-state index in [1.807, 2.05) is 6.08 Å². The van der Waals surface area contributed by atoms with E-state index < -0.39 is 6.28 Å². The lowest BCUT2D eigenvalue weighted by molar-refractivity contribution is 0.352. The first kappa shape index (κ1) is 8.88. The van der Waals surface area contributed by atoms with Gasteiger partial charge in [0.15, 0.2) is 0 Å². The van der Waals surface area contributed by atoms with Crippen LogP contribution in [-0.4, -0.2) is 12.9 Å². The third-order valence-corrected chi connectivity index (χ3v) is 2.64. The number of halogens is 2. The highest BCUT2D eigenvalue weighted by Gasteiger charge is 1.96.